The Labute approximate surface area is 79.9 Å². The van der Waals surface area contributed by atoms with Crippen LogP contribution in [0.3, 0.4) is 0 Å². The third-order valence-corrected chi connectivity index (χ3v) is 3.74. The second-order valence-corrected chi connectivity index (χ2v) is 4.60. The fraction of sp³-hybridized carbons (Fsp3) is 0.909. The Morgan fingerprint density at radius 1 is 1.08 bits per heavy atom. The molecule has 2 nitrogen and oxygen atoms in total. The fourth-order valence-corrected chi connectivity index (χ4v) is 2.51. The van der Waals surface area contributed by atoms with Crippen LogP contribution in [0.1, 0.15) is 44.9 Å². The Kier molecular flexibility index (Phi) is 2.68. The van der Waals surface area contributed by atoms with Gasteiger partial charge in [-0.3, -0.25) is 4.79 Å². The van der Waals surface area contributed by atoms with Crippen molar-refractivity contribution in [3.05, 3.63) is 0 Å². The molecule has 0 radical (unpaired) electrons. The van der Waals surface area contributed by atoms with Crippen LogP contribution < -0.4 is 5.73 Å². The molecule has 1 atom stereocenters. The summed E-state index contributed by atoms with van der Waals surface area (Å²) in [7, 11) is 0. The number of nitrogens with two attached hydrogens (primary N) is 1. The highest BCUT2D eigenvalue weighted by Crippen LogP contribution is 2.33. The minimum Gasteiger partial charge on any atom is -0.321 e. The van der Waals surface area contributed by atoms with E-state index in [-0.39, 0.29) is 6.04 Å². The van der Waals surface area contributed by atoms with Crippen molar-refractivity contribution in [2.45, 2.75) is 51.0 Å². The van der Waals surface area contributed by atoms with Crippen LogP contribution in [0.2, 0.25) is 0 Å². The maximum atomic E-state index is 11.9. The zero-order chi connectivity index (χ0) is 9.26. The molecule has 0 heterocycles. The van der Waals surface area contributed by atoms with Gasteiger partial charge in [-0.25, -0.2) is 0 Å². The van der Waals surface area contributed by atoms with Gasteiger partial charge in [-0.2, -0.15) is 0 Å². The van der Waals surface area contributed by atoms with Gasteiger partial charge in [-0.05, 0) is 31.6 Å². The van der Waals surface area contributed by atoms with Crippen molar-refractivity contribution in [3.63, 3.8) is 0 Å². The average molecular weight is 181 g/mol. The Morgan fingerprint density at radius 2 is 1.69 bits per heavy atom. The molecule has 2 aliphatic carbocycles. The van der Waals surface area contributed by atoms with Crippen LogP contribution in [0.25, 0.3) is 0 Å². The lowest BCUT2D eigenvalue weighted by molar-refractivity contribution is -0.125. The van der Waals surface area contributed by atoms with Gasteiger partial charge in [-0.15, -0.1) is 0 Å². The van der Waals surface area contributed by atoms with Crippen molar-refractivity contribution in [2.24, 2.45) is 17.6 Å². The van der Waals surface area contributed by atoms with Crippen molar-refractivity contribution in [1.82, 2.24) is 0 Å². The number of carbonyl (C=O) groups is 1. The quantitative estimate of drug-likeness (QED) is 0.722. The molecular weight excluding hydrogens is 162 g/mol. The molecule has 0 aromatic rings. The van der Waals surface area contributed by atoms with E-state index in [9.17, 15) is 4.79 Å². The van der Waals surface area contributed by atoms with Gasteiger partial charge in [0.1, 0.15) is 0 Å². The zero-order valence-electron chi connectivity index (χ0n) is 8.17. The molecule has 0 aromatic heterocycles. The predicted octanol–water partition coefficient (Wildman–Crippen LogP) is 1.87. The van der Waals surface area contributed by atoms with E-state index in [1.165, 1.54) is 32.1 Å². The first kappa shape index (κ1) is 9.20. The van der Waals surface area contributed by atoms with Crippen LogP contribution >= 0.6 is 0 Å². The van der Waals surface area contributed by atoms with Gasteiger partial charge in [0.25, 0.3) is 0 Å². The van der Waals surface area contributed by atoms with Crippen LogP contribution in [0.5, 0.6) is 0 Å². The molecule has 13 heavy (non-hydrogen) atoms. The lowest BCUT2D eigenvalue weighted by atomic mass is 9.76. The van der Waals surface area contributed by atoms with Crippen molar-refractivity contribution < 1.29 is 4.79 Å². The van der Waals surface area contributed by atoms with Crippen LogP contribution in [0, 0.1) is 11.8 Å². The number of hydrogen-bond donors (Lipinski definition) is 1. The maximum Gasteiger partial charge on any atom is 0.152 e. The molecule has 0 spiro atoms. The number of hydrogen-bond acceptors (Lipinski definition) is 2. The van der Waals surface area contributed by atoms with E-state index in [4.69, 9.17) is 5.73 Å². The highest BCUT2D eigenvalue weighted by Gasteiger charge is 2.34. The van der Waals surface area contributed by atoms with E-state index in [0.717, 1.165) is 12.8 Å². The predicted molar refractivity (Wildman–Crippen MR) is 52.3 cm³/mol. The minimum atomic E-state index is -0.128. The number of carbonyl (C=O) groups excluding carboxylic acids is 1. The van der Waals surface area contributed by atoms with E-state index in [1.807, 2.05) is 0 Å². The summed E-state index contributed by atoms with van der Waals surface area (Å²) < 4.78 is 0. The lowest BCUT2D eigenvalue weighted by Crippen LogP contribution is -2.43. The third-order valence-electron chi connectivity index (χ3n) is 3.74. The van der Waals surface area contributed by atoms with Crippen LogP contribution in [0.4, 0.5) is 0 Å². The standard InChI is InChI=1S/C11H19NO/c12-10(8-6-3-7-8)11(13)9-4-1-2-5-9/h8-10H,1-7,12H2. The van der Waals surface area contributed by atoms with E-state index in [0.29, 0.717) is 17.6 Å². The monoisotopic (exact) mass is 181 g/mol. The van der Waals surface area contributed by atoms with Crippen LogP contribution in [0.15, 0.2) is 0 Å². The lowest BCUT2D eigenvalue weighted by Gasteiger charge is -2.31. The highest BCUT2D eigenvalue weighted by molar-refractivity contribution is 5.86. The second kappa shape index (κ2) is 3.79. The minimum absolute atomic E-state index is 0.128. The van der Waals surface area contributed by atoms with Gasteiger partial charge >= 0.3 is 0 Å². The van der Waals surface area contributed by atoms with Gasteiger partial charge in [0.2, 0.25) is 0 Å². The molecule has 0 aliphatic heterocycles. The molecule has 0 amide bonds. The van der Waals surface area contributed by atoms with E-state index in [1.54, 1.807) is 0 Å². The van der Waals surface area contributed by atoms with E-state index >= 15 is 0 Å². The molecule has 2 aliphatic rings. The summed E-state index contributed by atoms with van der Waals surface area (Å²) in [6.45, 7) is 0. The first-order valence-electron chi connectivity index (χ1n) is 5.58. The molecule has 2 heteroatoms. The summed E-state index contributed by atoms with van der Waals surface area (Å²) in [6.07, 6.45) is 8.29. The zero-order valence-corrected chi connectivity index (χ0v) is 8.17. The summed E-state index contributed by atoms with van der Waals surface area (Å²) >= 11 is 0. The molecule has 2 rings (SSSR count). The number of rotatable bonds is 3. The summed E-state index contributed by atoms with van der Waals surface area (Å²) in [5, 5.41) is 0. The Balaban J connectivity index is 1.87. The van der Waals surface area contributed by atoms with Crippen LogP contribution in [-0.4, -0.2) is 11.8 Å². The van der Waals surface area contributed by atoms with Crippen molar-refractivity contribution in [3.8, 4) is 0 Å². The van der Waals surface area contributed by atoms with Crippen LogP contribution in [-0.2, 0) is 4.79 Å². The molecule has 0 saturated heterocycles. The van der Waals surface area contributed by atoms with Gasteiger partial charge in [0.05, 0.1) is 6.04 Å². The van der Waals surface area contributed by atoms with E-state index in [2.05, 4.69) is 0 Å². The normalized spacial score (nSPS) is 27.2. The fourth-order valence-electron chi connectivity index (χ4n) is 2.51. The molecular formula is C11H19NO. The topological polar surface area (TPSA) is 43.1 Å². The van der Waals surface area contributed by atoms with Crippen molar-refractivity contribution in [1.29, 1.82) is 0 Å². The molecule has 0 bridgehead atoms. The van der Waals surface area contributed by atoms with Gasteiger partial charge < -0.3 is 5.73 Å². The number of ketones is 1. The largest absolute Gasteiger partial charge is 0.321 e. The smallest absolute Gasteiger partial charge is 0.152 e. The Morgan fingerprint density at radius 3 is 2.15 bits per heavy atom. The first-order valence-corrected chi connectivity index (χ1v) is 5.58. The van der Waals surface area contributed by atoms with Gasteiger partial charge in [0, 0.05) is 5.92 Å². The molecule has 0 aromatic carbocycles. The van der Waals surface area contributed by atoms with Gasteiger partial charge in [0.15, 0.2) is 5.78 Å². The Bertz CT molecular complexity index is 192. The molecule has 74 valence electrons. The van der Waals surface area contributed by atoms with Gasteiger partial charge in [-0.1, -0.05) is 19.3 Å². The SMILES string of the molecule is NC(C(=O)C1CCCC1)C1CCC1. The summed E-state index contributed by atoms with van der Waals surface area (Å²) in [5.74, 6) is 1.20. The molecule has 2 saturated carbocycles. The summed E-state index contributed by atoms with van der Waals surface area (Å²) in [5.41, 5.74) is 5.95. The second-order valence-electron chi connectivity index (χ2n) is 4.60. The van der Waals surface area contributed by atoms with Crippen molar-refractivity contribution >= 4 is 5.78 Å². The highest BCUT2D eigenvalue weighted by atomic mass is 16.1. The molecule has 2 fully saturated rings. The van der Waals surface area contributed by atoms with Crippen molar-refractivity contribution in [2.75, 3.05) is 0 Å². The van der Waals surface area contributed by atoms with E-state index < -0.39 is 0 Å². The molecule has 2 N–H and O–H groups in total. The summed E-state index contributed by atoms with van der Waals surface area (Å²) in [4.78, 5) is 11.9. The first-order chi connectivity index (χ1) is 6.29. The third kappa shape index (κ3) is 1.78. The molecule has 1 unspecified atom stereocenters. The average Bonchev–Trinajstić information content (AvgIpc) is 2.51. The number of Topliss-reactive ketones (excluding diaryl/α,β-unsaturated/α-hetero) is 1. The Hall–Kier alpha value is -0.370. The summed E-state index contributed by atoms with van der Waals surface area (Å²) in [6, 6.07) is -0.128. The maximum absolute atomic E-state index is 11.9.